The summed E-state index contributed by atoms with van der Waals surface area (Å²) in [4.78, 5) is 28.2. The summed E-state index contributed by atoms with van der Waals surface area (Å²) in [5.41, 5.74) is 0.951. The summed E-state index contributed by atoms with van der Waals surface area (Å²) in [7, 11) is 1.74. The van der Waals surface area contributed by atoms with Crippen LogP contribution in [0.25, 0.3) is 0 Å². The number of carbonyl (C=O) groups is 2. The normalized spacial score (nSPS) is 11.7. The molecule has 1 aromatic rings. The number of carboxylic acid groups (broad SMARTS) is 1. The van der Waals surface area contributed by atoms with E-state index in [2.05, 4.69) is 10.3 Å². The van der Waals surface area contributed by atoms with Gasteiger partial charge in [0.1, 0.15) is 0 Å². The van der Waals surface area contributed by atoms with Crippen LogP contribution < -0.4 is 5.32 Å². The molecule has 2 N–H and O–H groups in total. The molecule has 0 fully saturated rings. The zero-order chi connectivity index (χ0) is 15.7. The fraction of sp³-hybridized carbons (Fsp3) is 0.533. The molecule has 0 aliphatic heterocycles. The number of hydrogen-bond donors (Lipinski definition) is 2. The third kappa shape index (κ3) is 7.29. The lowest BCUT2D eigenvalue weighted by molar-refractivity contribution is -0.137. The van der Waals surface area contributed by atoms with Crippen LogP contribution in [0, 0.1) is 0 Å². The highest BCUT2D eigenvalue weighted by molar-refractivity contribution is 5.74. The molecule has 0 aliphatic carbocycles. The summed E-state index contributed by atoms with van der Waals surface area (Å²) in [6.07, 6.45) is 3.80. The van der Waals surface area contributed by atoms with Crippen molar-refractivity contribution >= 4 is 12.0 Å². The third-order valence-corrected chi connectivity index (χ3v) is 3.17. The topological polar surface area (TPSA) is 82.5 Å². The van der Waals surface area contributed by atoms with Gasteiger partial charge >= 0.3 is 12.0 Å². The van der Waals surface area contributed by atoms with E-state index in [9.17, 15) is 9.59 Å². The Morgan fingerprint density at radius 3 is 2.81 bits per heavy atom. The number of likely N-dealkylation sites (N-methyl/N-ethyl adjacent to an activating group) is 1. The lowest BCUT2D eigenvalue weighted by Crippen LogP contribution is -2.42. The van der Waals surface area contributed by atoms with Crippen LogP contribution in [0.4, 0.5) is 4.79 Å². The minimum Gasteiger partial charge on any atom is -0.481 e. The first-order valence-electron chi connectivity index (χ1n) is 7.12. The first kappa shape index (κ1) is 16.9. The van der Waals surface area contributed by atoms with E-state index < -0.39 is 5.97 Å². The van der Waals surface area contributed by atoms with Crippen molar-refractivity contribution in [2.24, 2.45) is 0 Å². The zero-order valence-electron chi connectivity index (χ0n) is 12.6. The largest absolute Gasteiger partial charge is 0.481 e. The lowest BCUT2D eigenvalue weighted by Gasteiger charge is -2.21. The second-order valence-electron chi connectivity index (χ2n) is 5.13. The van der Waals surface area contributed by atoms with Crippen LogP contribution in [0.3, 0.4) is 0 Å². The molecule has 0 aliphatic rings. The van der Waals surface area contributed by atoms with Crippen LogP contribution in [0.1, 0.15) is 31.9 Å². The van der Waals surface area contributed by atoms with E-state index in [0.717, 1.165) is 5.69 Å². The zero-order valence-corrected chi connectivity index (χ0v) is 12.6. The van der Waals surface area contributed by atoms with Crippen LogP contribution in [0.2, 0.25) is 0 Å². The molecule has 0 spiro atoms. The van der Waals surface area contributed by atoms with Crippen LogP contribution >= 0.6 is 0 Å². The Kier molecular flexibility index (Phi) is 7.21. The molecular formula is C15H23N3O3. The fourth-order valence-electron chi connectivity index (χ4n) is 1.88. The predicted molar refractivity (Wildman–Crippen MR) is 80.1 cm³/mol. The second kappa shape index (κ2) is 8.94. The van der Waals surface area contributed by atoms with Crippen molar-refractivity contribution in [3.05, 3.63) is 30.1 Å². The summed E-state index contributed by atoms with van der Waals surface area (Å²) >= 11 is 0. The molecule has 116 valence electrons. The van der Waals surface area contributed by atoms with Gasteiger partial charge in [-0.1, -0.05) is 6.07 Å². The Morgan fingerprint density at radius 1 is 1.43 bits per heavy atom. The number of nitrogens with one attached hydrogen (secondary N) is 1. The Bertz CT molecular complexity index is 451. The number of carbonyl (C=O) groups excluding carboxylic acids is 1. The monoisotopic (exact) mass is 293 g/mol. The van der Waals surface area contributed by atoms with Crippen molar-refractivity contribution in [1.29, 1.82) is 0 Å². The molecule has 0 bridgehead atoms. The minimum absolute atomic E-state index is 0.0332. The van der Waals surface area contributed by atoms with E-state index in [4.69, 9.17) is 5.11 Å². The maximum Gasteiger partial charge on any atom is 0.317 e. The first-order chi connectivity index (χ1) is 9.99. The van der Waals surface area contributed by atoms with E-state index in [1.165, 1.54) is 0 Å². The molecule has 1 rings (SSSR count). The van der Waals surface area contributed by atoms with Gasteiger partial charge in [0.05, 0.1) is 0 Å². The summed E-state index contributed by atoms with van der Waals surface area (Å²) in [6.45, 7) is 2.47. The molecule has 1 unspecified atom stereocenters. The fourth-order valence-corrected chi connectivity index (χ4v) is 1.88. The quantitative estimate of drug-likeness (QED) is 0.767. The van der Waals surface area contributed by atoms with Gasteiger partial charge in [-0.3, -0.25) is 9.78 Å². The summed E-state index contributed by atoms with van der Waals surface area (Å²) < 4.78 is 0. The molecule has 0 saturated heterocycles. The Hall–Kier alpha value is -2.11. The van der Waals surface area contributed by atoms with Gasteiger partial charge in [0.2, 0.25) is 0 Å². The number of amides is 2. The van der Waals surface area contributed by atoms with E-state index >= 15 is 0 Å². The molecular weight excluding hydrogens is 270 g/mol. The molecule has 1 heterocycles. The first-order valence-corrected chi connectivity index (χ1v) is 7.12. The molecule has 21 heavy (non-hydrogen) atoms. The average molecular weight is 293 g/mol. The Morgan fingerprint density at radius 2 is 2.19 bits per heavy atom. The van der Waals surface area contributed by atoms with Crippen molar-refractivity contribution < 1.29 is 14.7 Å². The van der Waals surface area contributed by atoms with Crippen molar-refractivity contribution in [2.75, 3.05) is 13.6 Å². The number of pyridine rings is 1. The highest BCUT2D eigenvalue weighted by atomic mass is 16.4. The predicted octanol–water partition coefficient (Wildman–Crippen LogP) is 1.91. The van der Waals surface area contributed by atoms with Crippen LogP contribution in [-0.4, -0.2) is 46.6 Å². The van der Waals surface area contributed by atoms with Gasteiger partial charge in [0.25, 0.3) is 0 Å². The van der Waals surface area contributed by atoms with E-state index in [1.807, 2.05) is 25.1 Å². The number of rotatable bonds is 8. The van der Waals surface area contributed by atoms with Gasteiger partial charge < -0.3 is 15.3 Å². The molecule has 1 aromatic heterocycles. The van der Waals surface area contributed by atoms with Gasteiger partial charge in [-0.2, -0.15) is 0 Å². The average Bonchev–Trinajstić information content (AvgIpc) is 2.45. The Labute approximate surface area is 125 Å². The summed E-state index contributed by atoms with van der Waals surface area (Å²) in [5, 5.41) is 11.4. The van der Waals surface area contributed by atoms with Crippen molar-refractivity contribution in [3.8, 4) is 0 Å². The van der Waals surface area contributed by atoms with Gasteiger partial charge in [0.15, 0.2) is 0 Å². The van der Waals surface area contributed by atoms with Crippen LogP contribution in [-0.2, 0) is 11.2 Å². The molecule has 6 heteroatoms. The number of aliphatic carboxylic acids is 1. The smallest absolute Gasteiger partial charge is 0.317 e. The van der Waals surface area contributed by atoms with E-state index in [-0.39, 0.29) is 18.5 Å². The highest BCUT2D eigenvalue weighted by Crippen LogP contribution is 2.02. The summed E-state index contributed by atoms with van der Waals surface area (Å²) in [6, 6.07) is 5.54. The van der Waals surface area contributed by atoms with Gasteiger partial charge in [-0.15, -0.1) is 0 Å². The van der Waals surface area contributed by atoms with E-state index in [1.54, 1.807) is 18.1 Å². The summed E-state index contributed by atoms with van der Waals surface area (Å²) in [5.74, 6) is -0.805. The maximum absolute atomic E-state index is 11.9. The lowest BCUT2D eigenvalue weighted by atomic mass is 10.1. The van der Waals surface area contributed by atoms with E-state index in [0.29, 0.717) is 25.8 Å². The van der Waals surface area contributed by atoms with Crippen molar-refractivity contribution in [1.82, 2.24) is 15.2 Å². The Balaban J connectivity index is 2.25. The van der Waals surface area contributed by atoms with Crippen LogP contribution in [0.15, 0.2) is 24.4 Å². The molecule has 6 nitrogen and oxygen atoms in total. The number of urea groups is 1. The highest BCUT2D eigenvalue weighted by Gasteiger charge is 2.12. The SMILES string of the molecule is CC(CCCC(=O)O)NC(=O)N(C)CCc1ccccn1. The number of hydrogen-bond acceptors (Lipinski definition) is 3. The van der Waals surface area contributed by atoms with Gasteiger partial charge in [-0.25, -0.2) is 4.79 Å². The number of aromatic nitrogens is 1. The number of nitrogens with zero attached hydrogens (tertiary/aromatic N) is 2. The molecule has 1 atom stereocenters. The third-order valence-electron chi connectivity index (χ3n) is 3.17. The molecule has 0 radical (unpaired) electrons. The standard InChI is InChI=1S/C15H23N3O3/c1-12(6-5-8-14(19)20)17-15(21)18(2)11-9-13-7-3-4-10-16-13/h3-4,7,10,12H,5-6,8-9,11H2,1-2H3,(H,17,21)(H,19,20). The molecule has 2 amide bonds. The minimum atomic E-state index is -0.805. The van der Waals surface area contributed by atoms with Crippen molar-refractivity contribution in [3.63, 3.8) is 0 Å². The van der Waals surface area contributed by atoms with Crippen molar-refractivity contribution in [2.45, 2.75) is 38.6 Å². The van der Waals surface area contributed by atoms with Gasteiger partial charge in [0, 0.05) is 44.4 Å². The maximum atomic E-state index is 11.9. The molecule has 0 aromatic carbocycles. The molecule has 0 saturated carbocycles. The second-order valence-corrected chi connectivity index (χ2v) is 5.13. The number of carboxylic acids is 1. The van der Waals surface area contributed by atoms with Gasteiger partial charge in [-0.05, 0) is 31.9 Å². The van der Waals surface area contributed by atoms with Crippen LogP contribution in [0.5, 0.6) is 0 Å².